The lowest BCUT2D eigenvalue weighted by Crippen LogP contribution is -2.49. The smallest absolute Gasteiger partial charge is 0.254 e. The van der Waals surface area contributed by atoms with Crippen LogP contribution in [0.3, 0.4) is 0 Å². The maximum Gasteiger partial charge on any atom is 0.254 e. The Hall–Kier alpha value is -2.77. The molecule has 1 fully saturated rings. The Morgan fingerprint density at radius 3 is 2.63 bits per heavy atom. The van der Waals surface area contributed by atoms with Crippen LogP contribution in [0.25, 0.3) is 5.69 Å². The van der Waals surface area contributed by atoms with Gasteiger partial charge in [0.25, 0.3) is 5.91 Å². The zero-order valence-corrected chi connectivity index (χ0v) is 17.9. The highest BCUT2D eigenvalue weighted by molar-refractivity contribution is 7.98. The molecule has 156 valence electrons. The fraction of sp³-hybridized carbons (Fsp3) is 0.304. The number of hydrogen-bond donors (Lipinski definition) is 0. The average Bonchev–Trinajstić information content (AvgIpc) is 3.29. The SMILES string of the molecule is CSc1nccn1-c1cccc(C(=O)N2CCN(CCOc3ccccc3)CC2)c1. The minimum absolute atomic E-state index is 0.0860. The maximum atomic E-state index is 13.0. The van der Waals surface area contributed by atoms with Crippen LogP contribution in [0.1, 0.15) is 10.4 Å². The van der Waals surface area contributed by atoms with Gasteiger partial charge in [0.1, 0.15) is 12.4 Å². The monoisotopic (exact) mass is 422 g/mol. The van der Waals surface area contributed by atoms with Crippen molar-refractivity contribution in [1.82, 2.24) is 19.4 Å². The van der Waals surface area contributed by atoms with Gasteiger partial charge in [-0.25, -0.2) is 4.98 Å². The van der Waals surface area contributed by atoms with E-state index in [1.54, 1.807) is 18.0 Å². The van der Waals surface area contributed by atoms with E-state index in [1.807, 2.05) is 76.5 Å². The van der Waals surface area contributed by atoms with Crippen LogP contribution in [0.2, 0.25) is 0 Å². The highest BCUT2D eigenvalue weighted by Gasteiger charge is 2.22. The van der Waals surface area contributed by atoms with Crippen LogP contribution in [0.4, 0.5) is 0 Å². The van der Waals surface area contributed by atoms with Crippen molar-refractivity contribution >= 4 is 17.7 Å². The molecule has 1 aromatic heterocycles. The van der Waals surface area contributed by atoms with Crippen molar-refractivity contribution in [3.8, 4) is 11.4 Å². The molecule has 0 bridgehead atoms. The zero-order chi connectivity index (χ0) is 20.8. The average molecular weight is 423 g/mol. The minimum atomic E-state index is 0.0860. The molecule has 0 radical (unpaired) electrons. The number of ether oxygens (including phenoxy) is 1. The van der Waals surface area contributed by atoms with Gasteiger partial charge in [0.05, 0.1) is 0 Å². The third kappa shape index (κ3) is 4.86. The number of rotatable bonds is 7. The number of nitrogens with zero attached hydrogens (tertiary/aromatic N) is 4. The first-order valence-electron chi connectivity index (χ1n) is 10.1. The summed E-state index contributed by atoms with van der Waals surface area (Å²) in [5, 5.41) is 0.908. The predicted octanol–water partition coefficient (Wildman–Crippen LogP) is 3.43. The van der Waals surface area contributed by atoms with Crippen molar-refractivity contribution in [2.45, 2.75) is 5.16 Å². The molecule has 1 aliphatic heterocycles. The number of piperazine rings is 1. The molecule has 1 aliphatic rings. The Kier molecular flexibility index (Phi) is 6.71. The standard InChI is InChI=1S/C23H26N4O2S/c1-30-23-24-10-11-27(23)20-7-5-6-19(18-20)22(28)26-14-12-25(13-15-26)16-17-29-21-8-3-2-4-9-21/h2-11,18H,12-17H2,1H3. The van der Waals surface area contributed by atoms with E-state index in [0.29, 0.717) is 12.2 Å². The summed E-state index contributed by atoms with van der Waals surface area (Å²) in [5.74, 6) is 0.983. The van der Waals surface area contributed by atoms with E-state index in [4.69, 9.17) is 4.74 Å². The first-order chi connectivity index (χ1) is 14.7. The van der Waals surface area contributed by atoms with E-state index < -0.39 is 0 Å². The molecule has 0 atom stereocenters. The number of carbonyl (C=O) groups is 1. The number of para-hydroxylation sites is 1. The third-order valence-corrected chi connectivity index (χ3v) is 5.91. The van der Waals surface area contributed by atoms with Crippen LogP contribution < -0.4 is 4.74 Å². The van der Waals surface area contributed by atoms with Gasteiger partial charge in [-0.1, -0.05) is 36.0 Å². The topological polar surface area (TPSA) is 50.6 Å². The fourth-order valence-corrected chi connectivity index (χ4v) is 4.12. The van der Waals surface area contributed by atoms with Crippen molar-refractivity contribution in [1.29, 1.82) is 0 Å². The summed E-state index contributed by atoms with van der Waals surface area (Å²) >= 11 is 1.59. The summed E-state index contributed by atoms with van der Waals surface area (Å²) in [6.45, 7) is 4.71. The highest BCUT2D eigenvalue weighted by atomic mass is 32.2. The molecule has 30 heavy (non-hydrogen) atoms. The summed E-state index contributed by atoms with van der Waals surface area (Å²) in [5.41, 5.74) is 1.67. The number of thioether (sulfide) groups is 1. The molecule has 0 spiro atoms. The maximum absolute atomic E-state index is 13.0. The van der Waals surface area contributed by atoms with Gasteiger partial charge in [-0.05, 0) is 36.6 Å². The molecule has 1 saturated heterocycles. The van der Waals surface area contributed by atoms with Gasteiger partial charge in [0.15, 0.2) is 5.16 Å². The van der Waals surface area contributed by atoms with Gasteiger partial charge in [-0.15, -0.1) is 0 Å². The van der Waals surface area contributed by atoms with Gasteiger partial charge in [-0.3, -0.25) is 14.3 Å². The summed E-state index contributed by atoms with van der Waals surface area (Å²) in [6, 6.07) is 17.6. The zero-order valence-electron chi connectivity index (χ0n) is 17.1. The van der Waals surface area contributed by atoms with E-state index in [-0.39, 0.29) is 5.91 Å². The molecule has 7 heteroatoms. The lowest BCUT2D eigenvalue weighted by Gasteiger charge is -2.34. The van der Waals surface area contributed by atoms with Gasteiger partial charge in [0, 0.05) is 56.4 Å². The molecule has 0 aliphatic carbocycles. The quantitative estimate of drug-likeness (QED) is 0.546. The number of benzene rings is 2. The second kappa shape index (κ2) is 9.82. The fourth-order valence-electron chi connectivity index (χ4n) is 3.59. The van der Waals surface area contributed by atoms with Crippen LogP contribution in [-0.4, -0.2) is 70.8 Å². The Bertz CT molecular complexity index is 968. The summed E-state index contributed by atoms with van der Waals surface area (Å²) in [6.07, 6.45) is 5.70. The number of hydrogen-bond acceptors (Lipinski definition) is 5. The molecule has 3 aromatic rings. The van der Waals surface area contributed by atoms with Crippen LogP contribution in [-0.2, 0) is 0 Å². The summed E-state index contributed by atoms with van der Waals surface area (Å²) in [7, 11) is 0. The molecule has 0 saturated carbocycles. The molecule has 2 aromatic carbocycles. The van der Waals surface area contributed by atoms with Gasteiger partial charge < -0.3 is 9.64 Å². The molecular weight excluding hydrogens is 396 g/mol. The first-order valence-corrected chi connectivity index (χ1v) is 11.3. The van der Waals surface area contributed by atoms with E-state index in [9.17, 15) is 4.79 Å². The second-order valence-electron chi connectivity index (χ2n) is 7.13. The Balaban J connectivity index is 1.31. The summed E-state index contributed by atoms with van der Waals surface area (Å²) < 4.78 is 7.79. The number of amides is 1. The number of carbonyl (C=O) groups excluding carboxylic acids is 1. The van der Waals surface area contributed by atoms with Crippen LogP contribution in [0, 0.1) is 0 Å². The van der Waals surface area contributed by atoms with Crippen LogP contribution >= 0.6 is 11.8 Å². The largest absolute Gasteiger partial charge is 0.492 e. The van der Waals surface area contributed by atoms with Gasteiger partial charge in [-0.2, -0.15) is 0 Å². The van der Waals surface area contributed by atoms with Gasteiger partial charge in [0.2, 0.25) is 0 Å². The Morgan fingerprint density at radius 1 is 1.07 bits per heavy atom. The number of imidazole rings is 1. The van der Waals surface area contributed by atoms with Crippen molar-refractivity contribution < 1.29 is 9.53 Å². The molecule has 6 nitrogen and oxygen atoms in total. The summed E-state index contributed by atoms with van der Waals surface area (Å²) in [4.78, 5) is 21.7. The van der Waals surface area contributed by atoms with Crippen molar-refractivity contribution in [2.24, 2.45) is 0 Å². The van der Waals surface area contributed by atoms with Crippen LogP contribution in [0.5, 0.6) is 5.75 Å². The van der Waals surface area contributed by atoms with Gasteiger partial charge >= 0.3 is 0 Å². The minimum Gasteiger partial charge on any atom is -0.492 e. The van der Waals surface area contributed by atoms with Crippen LogP contribution in [0.15, 0.2) is 72.1 Å². The van der Waals surface area contributed by atoms with Crippen molar-refractivity contribution in [2.75, 3.05) is 45.6 Å². The lowest BCUT2D eigenvalue weighted by molar-refractivity contribution is 0.0620. The molecule has 4 rings (SSSR count). The van der Waals surface area contributed by atoms with E-state index >= 15 is 0 Å². The predicted molar refractivity (Wildman–Crippen MR) is 120 cm³/mol. The molecular formula is C23H26N4O2S. The van der Waals surface area contributed by atoms with Crippen molar-refractivity contribution in [3.63, 3.8) is 0 Å². The van der Waals surface area contributed by atoms with E-state index in [1.165, 1.54) is 0 Å². The third-order valence-electron chi connectivity index (χ3n) is 5.24. The Morgan fingerprint density at radius 2 is 1.87 bits per heavy atom. The first kappa shape index (κ1) is 20.5. The Labute approximate surface area is 181 Å². The lowest BCUT2D eigenvalue weighted by atomic mass is 10.1. The molecule has 1 amide bonds. The highest BCUT2D eigenvalue weighted by Crippen LogP contribution is 2.20. The normalized spacial score (nSPS) is 14.6. The molecule has 0 unspecified atom stereocenters. The van der Waals surface area contributed by atoms with E-state index in [2.05, 4.69) is 9.88 Å². The molecule has 2 heterocycles. The number of aromatic nitrogens is 2. The molecule has 0 N–H and O–H groups in total. The van der Waals surface area contributed by atoms with E-state index in [0.717, 1.165) is 49.3 Å². The van der Waals surface area contributed by atoms with Crippen molar-refractivity contribution in [3.05, 3.63) is 72.6 Å². The second-order valence-corrected chi connectivity index (χ2v) is 7.90.